The Hall–Kier alpha value is -0.180. The lowest BCUT2D eigenvalue weighted by molar-refractivity contribution is -0.122. The number of hydrogen-bond donors (Lipinski definition) is 1. The maximum absolute atomic E-state index is 11.4. The van der Waals surface area contributed by atoms with Crippen molar-refractivity contribution in [3.63, 3.8) is 0 Å². The van der Waals surface area contributed by atoms with Crippen molar-refractivity contribution in [1.82, 2.24) is 5.32 Å². The topological polar surface area (TPSA) is 29.1 Å². The Morgan fingerprint density at radius 3 is 2.75 bits per heavy atom. The van der Waals surface area contributed by atoms with E-state index < -0.39 is 0 Å². The monoisotopic (exact) mass is 185 g/mol. The van der Waals surface area contributed by atoms with Crippen molar-refractivity contribution in [2.75, 3.05) is 11.5 Å². The average molecular weight is 185 g/mol. The van der Waals surface area contributed by atoms with Crippen LogP contribution in [0.4, 0.5) is 0 Å². The predicted molar refractivity (Wildman–Crippen MR) is 51.2 cm³/mol. The first kappa shape index (κ1) is 8.42. The van der Waals surface area contributed by atoms with Crippen LogP contribution in [0.2, 0.25) is 0 Å². The van der Waals surface area contributed by atoms with Crippen molar-refractivity contribution < 1.29 is 4.79 Å². The van der Waals surface area contributed by atoms with Crippen LogP contribution in [0.5, 0.6) is 0 Å². The minimum Gasteiger partial charge on any atom is -0.352 e. The van der Waals surface area contributed by atoms with Crippen LogP contribution in [0, 0.1) is 5.92 Å². The molecule has 1 N–H and O–H groups in total. The summed E-state index contributed by atoms with van der Waals surface area (Å²) in [5.41, 5.74) is 0. The van der Waals surface area contributed by atoms with Gasteiger partial charge in [0.15, 0.2) is 0 Å². The van der Waals surface area contributed by atoms with Gasteiger partial charge in [-0.2, -0.15) is 11.8 Å². The van der Waals surface area contributed by atoms with E-state index in [0.29, 0.717) is 17.9 Å². The Kier molecular flexibility index (Phi) is 2.59. The molecule has 2 nitrogen and oxygen atoms in total. The summed E-state index contributed by atoms with van der Waals surface area (Å²) < 4.78 is 0. The Labute approximate surface area is 77.5 Å². The summed E-state index contributed by atoms with van der Waals surface area (Å²) in [7, 11) is 0. The highest BCUT2D eigenvalue weighted by Crippen LogP contribution is 2.29. The Balaban J connectivity index is 1.73. The SMILES string of the molecule is O=C(NC1CCCSC1)C1CC1. The molecule has 0 bridgehead atoms. The number of carbonyl (C=O) groups excluding carboxylic acids is 1. The quantitative estimate of drug-likeness (QED) is 0.704. The molecule has 0 aromatic carbocycles. The van der Waals surface area contributed by atoms with Crippen LogP contribution in [-0.2, 0) is 4.79 Å². The van der Waals surface area contributed by atoms with Gasteiger partial charge in [0.1, 0.15) is 0 Å². The molecule has 0 aromatic rings. The molecule has 1 aliphatic heterocycles. The zero-order chi connectivity index (χ0) is 8.39. The Bertz CT molecular complexity index is 173. The molecule has 1 saturated carbocycles. The van der Waals surface area contributed by atoms with Crippen LogP contribution in [0.3, 0.4) is 0 Å². The summed E-state index contributed by atoms with van der Waals surface area (Å²) in [6.45, 7) is 0. The molecule has 68 valence electrons. The minimum atomic E-state index is 0.308. The second-order valence-electron chi connectivity index (χ2n) is 3.70. The van der Waals surface area contributed by atoms with E-state index in [9.17, 15) is 4.79 Å². The molecule has 0 radical (unpaired) electrons. The van der Waals surface area contributed by atoms with Gasteiger partial charge in [0, 0.05) is 17.7 Å². The molecule has 2 fully saturated rings. The Morgan fingerprint density at radius 1 is 1.33 bits per heavy atom. The lowest BCUT2D eigenvalue weighted by Crippen LogP contribution is -2.39. The predicted octanol–water partition coefficient (Wildman–Crippen LogP) is 1.41. The molecule has 1 unspecified atom stereocenters. The highest BCUT2D eigenvalue weighted by molar-refractivity contribution is 7.99. The molecule has 0 spiro atoms. The molecular formula is C9H15NOS. The molecule has 3 heteroatoms. The van der Waals surface area contributed by atoms with Gasteiger partial charge in [-0.25, -0.2) is 0 Å². The molecule has 0 aromatic heterocycles. The first-order valence-electron chi connectivity index (χ1n) is 4.74. The first-order valence-corrected chi connectivity index (χ1v) is 5.90. The van der Waals surface area contributed by atoms with Gasteiger partial charge in [-0.05, 0) is 31.4 Å². The summed E-state index contributed by atoms with van der Waals surface area (Å²) >= 11 is 1.96. The molecule has 1 aliphatic carbocycles. The van der Waals surface area contributed by atoms with Gasteiger partial charge in [0.2, 0.25) is 5.91 Å². The molecule has 2 rings (SSSR count). The maximum atomic E-state index is 11.4. The van der Waals surface area contributed by atoms with Crippen molar-refractivity contribution in [3.05, 3.63) is 0 Å². The van der Waals surface area contributed by atoms with Crippen molar-refractivity contribution >= 4 is 17.7 Å². The molecule has 1 saturated heterocycles. The number of hydrogen-bond acceptors (Lipinski definition) is 2. The lowest BCUT2D eigenvalue weighted by Gasteiger charge is -2.22. The van der Waals surface area contributed by atoms with Gasteiger partial charge in [-0.3, -0.25) is 4.79 Å². The zero-order valence-electron chi connectivity index (χ0n) is 7.21. The first-order chi connectivity index (χ1) is 5.86. The van der Waals surface area contributed by atoms with E-state index in [1.165, 1.54) is 18.6 Å². The fourth-order valence-corrected chi connectivity index (χ4v) is 2.59. The maximum Gasteiger partial charge on any atom is 0.223 e. The van der Waals surface area contributed by atoms with Gasteiger partial charge in [-0.1, -0.05) is 0 Å². The summed E-state index contributed by atoms with van der Waals surface area (Å²) in [4.78, 5) is 11.4. The second kappa shape index (κ2) is 3.69. The minimum absolute atomic E-state index is 0.308. The van der Waals surface area contributed by atoms with E-state index in [-0.39, 0.29) is 0 Å². The molecular weight excluding hydrogens is 170 g/mol. The number of nitrogens with one attached hydrogen (secondary N) is 1. The van der Waals surface area contributed by atoms with Gasteiger partial charge in [0.05, 0.1) is 0 Å². The number of thioether (sulfide) groups is 1. The number of amides is 1. The smallest absolute Gasteiger partial charge is 0.223 e. The van der Waals surface area contributed by atoms with Gasteiger partial charge in [-0.15, -0.1) is 0 Å². The fraction of sp³-hybridized carbons (Fsp3) is 0.889. The molecule has 1 amide bonds. The largest absolute Gasteiger partial charge is 0.352 e. The van der Waals surface area contributed by atoms with E-state index in [1.54, 1.807) is 0 Å². The number of rotatable bonds is 2. The third kappa shape index (κ3) is 2.16. The summed E-state index contributed by atoms with van der Waals surface area (Å²) in [5, 5.41) is 3.12. The van der Waals surface area contributed by atoms with E-state index in [0.717, 1.165) is 18.6 Å². The van der Waals surface area contributed by atoms with Crippen LogP contribution in [0.15, 0.2) is 0 Å². The second-order valence-corrected chi connectivity index (χ2v) is 4.85. The van der Waals surface area contributed by atoms with E-state index in [4.69, 9.17) is 0 Å². The molecule has 12 heavy (non-hydrogen) atoms. The summed E-state index contributed by atoms with van der Waals surface area (Å²) in [5.74, 6) is 3.08. The van der Waals surface area contributed by atoms with E-state index >= 15 is 0 Å². The Morgan fingerprint density at radius 2 is 2.17 bits per heavy atom. The molecule has 1 atom stereocenters. The van der Waals surface area contributed by atoms with E-state index in [2.05, 4.69) is 5.32 Å². The summed E-state index contributed by atoms with van der Waals surface area (Å²) in [6, 6.07) is 0.469. The molecule has 2 aliphatic rings. The number of carbonyl (C=O) groups is 1. The van der Waals surface area contributed by atoms with Crippen LogP contribution in [0.25, 0.3) is 0 Å². The highest BCUT2D eigenvalue weighted by Gasteiger charge is 2.31. The van der Waals surface area contributed by atoms with Crippen LogP contribution >= 0.6 is 11.8 Å². The standard InChI is InChI=1S/C9H15NOS/c11-9(7-3-4-7)10-8-2-1-5-12-6-8/h7-8H,1-6H2,(H,10,11). The van der Waals surface area contributed by atoms with Gasteiger partial charge in [0.25, 0.3) is 0 Å². The fourth-order valence-electron chi connectivity index (χ4n) is 1.52. The van der Waals surface area contributed by atoms with Crippen molar-refractivity contribution in [2.24, 2.45) is 5.92 Å². The lowest BCUT2D eigenvalue weighted by atomic mass is 10.2. The van der Waals surface area contributed by atoms with Crippen molar-refractivity contribution in [1.29, 1.82) is 0 Å². The highest BCUT2D eigenvalue weighted by atomic mass is 32.2. The van der Waals surface area contributed by atoms with Gasteiger partial charge >= 0.3 is 0 Å². The summed E-state index contributed by atoms with van der Waals surface area (Å²) in [6.07, 6.45) is 4.68. The van der Waals surface area contributed by atoms with Crippen LogP contribution in [-0.4, -0.2) is 23.5 Å². The van der Waals surface area contributed by atoms with Crippen LogP contribution < -0.4 is 5.32 Å². The van der Waals surface area contributed by atoms with Gasteiger partial charge < -0.3 is 5.32 Å². The van der Waals surface area contributed by atoms with Crippen LogP contribution in [0.1, 0.15) is 25.7 Å². The van der Waals surface area contributed by atoms with Crippen molar-refractivity contribution in [3.8, 4) is 0 Å². The zero-order valence-corrected chi connectivity index (χ0v) is 8.03. The van der Waals surface area contributed by atoms with E-state index in [1.807, 2.05) is 11.8 Å². The third-order valence-electron chi connectivity index (χ3n) is 2.45. The van der Waals surface area contributed by atoms with Crippen molar-refractivity contribution in [2.45, 2.75) is 31.7 Å². The molecule has 1 heterocycles. The normalized spacial score (nSPS) is 29.8. The third-order valence-corrected chi connectivity index (χ3v) is 3.67. The average Bonchev–Trinajstić information content (AvgIpc) is 2.88.